The molecule has 140 valence electrons. The molecule has 1 atom stereocenters. The number of benzene rings is 3. The van der Waals surface area contributed by atoms with Gasteiger partial charge >= 0.3 is 0 Å². The molecule has 2 amide bonds. The highest BCUT2D eigenvalue weighted by molar-refractivity contribution is 6.09. The number of carbonyl (C=O) groups is 2. The molecule has 28 heavy (non-hydrogen) atoms. The number of para-hydroxylation sites is 2. The molecule has 1 heterocycles. The van der Waals surface area contributed by atoms with Crippen molar-refractivity contribution in [1.29, 1.82) is 0 Å². The first-order valence-corrected chi connectivity index (χ1v) is 9.20. The fourth-order valence-corrected chi connectivity index (χ4v) is 3.30. The van der Waals surface area contributed by atoms with Crippen molar-refractivity contribution >= 4 is 17.5 Å². The third-order valence-corrected chi connectivity index (χ3v) is 4.72. The topological polar surface area (TPSA) is 67.4 Å². The molecule has 0 unspecified atom stereocenters. The summed E-state index contributed by atoms with van der Waals surface area (Å²) in [5.41, 5.74) is 2.41. The van der Waals surface area contributed by atoms with E-state index in [0.29, 0.717) is 29.8 Å². The molecule has 3 aromatic carbocycles. The molecule has 5 heteroatoms. The SMILES string of the molecule is O=C(Nc1ccccc1C(=O)N[C@@H]1CCOc2ccccc21)c1ccccc1. The summed E-state index contributed by atoms with van der Waals surface area (Å²) in [6, 6.07) is 23.5. The molecule has 0 fully saturated rings. The highest BCUT2D eigenvalue weighted by Gasteiger charge is 2.24. The van der Waals surface area contributed by atoms with Crippen molar-refractivity contribution in [2.45, 2.75) is 12.5 Å². The smallest absolute Gasteiger partial charge is 0.255 e. The Labute approximate surface area is 163 Å². The van der Waals surface area contributed by atoms with E-state index in [0.717, 1.165) is 11.3 Å². The minimum Gasteiger partial charge on any atom is -0.493 e. The molecule has 1 aliphatic rings. The maximum Gasteiger partial charge on any atom is 0.255 e. The minimum absolute atomic E-state index is 0.129. The molecule has 1 aliphatic heterocycles. The third kappa shape index (κ3) is 3.74. The van der Waals surface area contributed by atoms with E-state index < -0.39 is 0 Å². The summed E-state index contributed by atoms with van der Waals surface area (Å²) in [5.74, 6) is 0.313. The molecular weight excluding hydrogens is 352 g/mol. The van der Waals surface area contributed by atoms with Crippen LogP contribution >= 0.6 is 0 Å². The number of rotatable bonds is 4. The Kier molecular flexibility index (Phi) is 5.06. The lowest BCUT2D eigenvalue weighted by Gasteiger charge is -2.27. The maximum atomic E-state index is 13.0. The number of carbonyl (C=O) groups excluding carboxylic acids is 2. The standard InChI is InChI=1S/C23H20N2O3/c26-22(16-8-2-1-3-9-16)24-19-12-6-4-11-18(19)23(27)25-20-14-15-28-21-13-7-5-10-17(20)21/h1-13,20H,14-15H2,(H,24,26)(H,25,27)/t20-/m1/s1. The van der Waals surface area contributed by atoms with Crippen LogP contribution in [0.15, 0.2) is 78.9 Å². The number of hydrogen-bond acceptors (Lipinski definition) is 3. The second-order valence-corrected chi connectivity index (χ2v) is 6.57. The van der Waals surface area contributed by atoms with Crippen molar-refractivity contribution in [3.05, 3.63) is 95.6 Å². The van der Waals surface area contributed by atoms with Crippen LogP contribution in [0.5, 0.6) is 5.75 Å². The van der Waals surface area contributed by atoms with Gasteiger partial charge in [-0.1, -0.05) is 48.5 Å². The summed E-state index contributed by atoms with van der Waals surface area (Å²) >= 11 is 0. The van der Waals surface area contributed by atoms with Gasteiger partial charge in [0.05, 0.1) is 23.9 Å². The van der Waals surface area contributed by atoms with Crippen LogP contribution in [0.25, 0.3) is 0 Å². The molecule has 0 aliphatic carbocycles. The first-order chi connectivity index (χ1) is 13.7. The van der Waals surface area contributed by atoms with Crippen molar-refractivity contribution in [2.75, 3.05) is 11.9 Å². The van der Waals surface area contributed by atoms with E-state index in [1.807, 2.05) is 30.3 Å². The van der Waals surface area contributed by atoms with Crippen LogP contribution in [0.2, 0.25) is 0 Å². The molecule has 2 N–H and O–H groups in total. The zero-order valence-corrected chi connectivity index (χ0v) is 15.2. The van der Waals surface area contributed by atoms with E-state index in [1.165, 1.54) is 0 Å². The van der Waals surface area contributed by atoms with Crippen LogP contribution in [-0.4, -0.2) is 18.4 Å². The average molecular weight is 372 g/mol. The van der Waals surface area contributed by atoms with E-state index in [1.54, 1.807) is 48.5 Å². The summed E-state index contributed by atoms with van der Waals surface area (Å²) in [6.07, 6.45) is 0.696. The van der Waals surface area contributed by atoms with Gasteiger partial charge in [0.2, 0.25) is 0 Å². The van der Waals surface area contributed by atoms with Crippen LogP contribution in [-0.2, 0) is 0 Å². The number of nitrogens with one attached hydrogen (secondary N) is 2. The van der Waals surface area contributed by atoms with Crippen molar-refractivity contribution < 1.29 is 14.3 Å². The van der Waals surface area contributed by atoms with Crippen LogP contribution in [0, 0.1) is 0 Å². The van der Waals surface area contributed by atoms with E-state index in [-0.39, 0.29) is 17.9 Å². The third-order valence-electron chi connectivity index (χ3n) is 4.72. The second-order valence-electron chi connectivity index (χ2n) is 6.57. The molecule has 0 spiro atoms. The highest BCUT2D eigenvalue weighted by atomic mass is 16.5. The van der Waals surface area contributed by atoms with Crippen molar-refractivity contribution in [3.63, 3.8) is 0 Å². The monoisotopic (exact) mass is 372 g/mol. The molecule has 5 nitrogen and oxygen atoms in total. The Morgan fingerprint density at radius 3 is 2.39 bits per heavy atom. The van der Waals surface area contributed by atoms with Gasteiger partial charge in [-0.3, -0.25) is 9.59 Å². The molecule has 4 rings (SSSR count). The Morgan fingerprint density at radius 2 is 1.54 bits per heavy atom. The maximum absolute atomic E-state index is 13.0. The summed E-state index contributed by atoms with van der Waals surface area (Å²) in [7, 11) is 0. The van der Waals surface area contributed by atoms with Crippen molar-refractivity contribution in [1.82, 2.24) is 5.32 Å². The largest absolute Gasteiger partial charge is 0.493 e. The highest BCUT2D eigenvalue weighted by Crippen LogP contribution is 2.32. The normalized spacial score (nSPS) is 15.1. The van der Waals surface area contributed by atoms with E-state index in [4.69, 9.17) is 4.74 Å². The van der Waals surface area contributed by atoms with Gasteiger partial charge in [0.25, 0.3) is 11.8 Å². The molecule has 0 saturated carbocycles. The lowest BCUT2D eigenvalue weighted by atomic mass is 10.00. The van der Waals surface area contributed by atoms with Crippen LogP contribution < -0.4 is 15.4 Å². The van der Waals surface area contributed by atoms with Gasteiger partial charge in [-0.15, -0.1) is 0 Å². The van der Waals surface area contributed by atoms with Gasteiger partial charge < -0.3 is 15.4 Å². The molecule has 0 saturated heterocycles. The van der Waals surface area contributed by atoms with Crippen molar-refractivity contribution in [3.8, 4) is 5.75 Å². The molecular formula is C23H20N2O3. The Hall–Kier alpha value is -3.60. The first kappa shape index (κ1) is 17.8. The van der Waals surface area contributed by atoms with Crippen LogP contribution in [0.1, 0.15) is 38.7 Å². The fraction of sp³-hybridized carbons (Fsp3) is 0.130. The molecule has 0 radical (unpaired) electrons. The number of fused-ring (bicyclic) bond motifs is 1. The molecule has 0 aromatic heterocycles. The Bertz CT molecular complexity index is 1000. The predicted molar refractivity (Wildman–Crippen MR) is 108 cm³/mol. The summed E-state index contributed by atoms with van der Waals surface area (Å²) < 4.78 is 5.66. The van der Waals surface area contributed by atoms with Gasteiger partial charge in [0, 0.05) is 17.5 Å². The quantitative estimate of drug-likeness (QED) is 0.721. The lowest BCUT2D eigenvalue weighted by Crippen LogP contribution is -2.32. The number of anilines is 1. The van der Waals surface area contributed by atoms with Gasteiger partial charge in [-0.05, 0) is 30.3 Å². The van der Waals surface area contributed by atoms with Gasteiger partial charge in [-0.25, -0.2) is 0 Å². The average Bonchev–Trinajstić information content (AvgIpc) is 2.75. The molecule has 0 bridgehead atoms. The minimum atomic E-state index is -0.253. The number of ether oxygens (including phenoxy) is 1. The first-order valence-electron chi connectivity index (χ1n) is 9.20. The summed E-state index contributed by atoms with van der Waals surface area (Å²) in [5, 5.41) is 5.91. The van der Waals surface area contributed by atoms with Gasteiger partial charge in [0.15, 0.2) is 0 Å². The van der Waals surface area contributed by atoms with Crippen LogP contribution in [0.4, 0.5) is 5.69 Å². The lowest BCUT2D eigenvalue weighted by molar-refractivity contribution is 0.0925. The summed E-state index contributed by atoms with van der Waals surface area (Å²) in [6.45, 7) is 0.550. The van der Waals surface area contributed by atoms with E-state index in [2.05, 4.69) is 10.6 Å². The summed E-state index contributed by atoms with van der Waals surface area (Å²) in [4.78, 5) is 25.4. The van der Waals surface area contributed by atoms with E-state index in [9.17, 15) is 9.59 Å². The zero-order chi connectivity index (χ0) is 19.3. The predicted octanol–water partition coefficient (Wildman–Crippen LogP) is 4.19. The molecule has 3 aromatic rings. The zero-order valence-electron chi connectivity index (χ0n) is 15.2. The number of amides is 2. The van der Waals surface area contributed by atoms with Crippen molar-refractivity contribution in [2.24, 2.45) is 0 Å². The van der Waals surface area contributed by atoms with Gasteiger partial charge in [0.1, 0.15) is 5.75 Å². The van der Waals surface area contributed by atoms with Crippen LogP contribution in [0.3, 0.4) is 0 Å². The number of hydrogen-bond donors (Lipinski definition) is 2. The van der Waals surface area contributed by atoms with Gasteiger partial charge in [-0.2, -0.15) is 0 Å². The van der Waals surface area contributed by atoms with E-state index >= 15 is 0 Å². The second kappa shape index (κ2) is 7.96. The fourth-order valence-electron chi connectivity index (χ4n) is 3.30. The Balaban J connectivity index is 1.54. The Morgan fingerprint density at radius 1 is 0.821 bits per heavy atom.